The summed E-state index contributed by atoms with van der Waals surface area (Å²) in [7, 11) is 0. The van der Waals surface area contributed by atoms with Gasteiger partial charge < -0.3 is 20.4 Å². The van der Waals surface area contributed by atoms with Gasteiger partial charge in [-0.05, 0) is 55.3 Å². The molecule has 0 aliphatic carbocycles. The van der Waals surface area contributed by atoms with Crippen LogP contribution in [0.4, 0.5) is 5.69 Å². The lowest BCUT2D eigenvalue weighted by atomic mass is 9.90. The highest BCUT2D eigenvalue weighted by atomic mass is 32.2. The van der Waals surface area contributed by atoms with Gasteiger partial charge in [0.1, 0.15) is 5.75 Å². The van der Waals surface area contributed by atoms with Crippen LogP contribution < -0.4 is 15.8 Å². The largest absolute Gasteiger partial charge is 0.484 e. The number of amides is 1. The van der Waals surface area contributed by atoms with Crippen LogP contribution in [0.2, 0.25) is 0 Å². The van der Waals surface area contributed by atoms with Crippen molar-refractivity contribution in [3.8, 4) is 11.4 Å². The van der Waals surface area contributed by atoms with Gasteiger partial charge in [-0.25, -0.2) is 4.98 Å². The van der Waals surface area contributed by atoms with Gasteiger partial charge in [0.05, 0.1) is 11.9 Å². The van der Waals surface area contributed by atoms with Gasteiger partial charge in [0.15, 0.2) is 11.8 Å². The van der Waals surface area contributed by atoms with E-state index in [9.17, 15) is 4.79 Å². The van der Waals surface area contributed by atoms with Gasteiger partial charge in [0, 0.05) is 29.5 Å². The van der Waals surface area contributed by atoms with Crippen molar-refractivity contribution in [1.82, 2.24) is 9.55 Å². The van der Waals surface area contributed by atoms with Crippen LogP contribution >= 0.6 is 11.8 Å². The summed E-state index contributed by atoms with van der Waals surface area (Å²) in [4.78, 5) is 20.9. The van der Waals surface area contributed by atoms with Crippen molar-refractivity contribution in [3.05, 3.63) is 72.8 Å². The Morgan fingerprint density at radius 3 is 2.87 bits per heavy atom. The van der Waals surface area contributed by atoms with Crippen molar-refractivity contribution in [2.45, 2.75) is 18.9 Å². The zero-order chi connectivity index (χ0) is 21.0. The fraction of sp³-hybridized carbons (Fsp3) is 0.227. The number of nitrogens with two attached hydrogens (primary N) is 1. The summed E-state index contributed by atoms with van der Waals surface area (Å²) in [6, 6.07) is 15.2. The smallest absolute Gasteiger partial charge is 0.262 e. The maximum absolute atomic E-state index is 12.3. The number of aromatic nitrogens is 2. The van der Waals surface area contributed by atoms with Gasteiger partial charge in [0.25, 0.3) is 5.91 Å². The van der Waals surface area contributed by atoms with E-state index in [-0.39, 0.29) is 18.1 Å². The predicted molar refractivity (Wildman–Crippen MR) is 120 cm³/mol. The van der Waals surface area contributed by atoms with Gasteiger partial charge in [-0.3, -0.25) is 9.79 Å². The molecule has 1 aromatic heterocycles. The Hall–Kier alpha value is -3.26. The summed E-state index contributed by atoms with van der Waals surface area (Å²) in [5.41, 5.74) is 8.25. The summed E-state index contributed by atoms with van der Waals surface area (Å²) in [6.45, 7) is 1.99. The highest BCUT2D eigenvalue weighted by molar-refractivity contribution is 8.13. The number of nitrogens with one attached hydrogen (secondary N) is 1. The van der Waals surface area contributed by atoms with E-state index < -0.39 is 0 Å². The molecule has 1 atom stereocenters. The minimum atomic E-state index is -0.367. The zero-order valence-electron chi connectivity index (χ0n) is 16.6. The zero-order valence-corrected chi connectivity index (χ0v) is 17.4. The SMILES string of the molecule is CC1(c2cccc(OCC(=O)Nc3ccc(-n4ccnc4)cc3)c2)CCSC(N)=N1. The Balaban J connectivity index is 1.36. The minimum absolute atomic E-state index is 0.0787. The number of nitrogens with zero attached hydrogens (tertiary/aromatic N) is 3. The van der Waals surface area contributed by atoms with E-state index in [4.69, 9.17) is 10.5 Å². The molecular formula is C22H23N5O2S. The van der Waals surface area contributed by atoms with Crippen molar-refractivity contribution in [1.29, 1.82) is 0 Å². The highest BCUT2D eigenvalue weighted by Crippen LogP contribution is 2.36. The van der Waals surface area contributed by atoms with Gasteiger partial charge in [-0.15, -0.1) is 0 Å². The molecule has 2 heterocycles. The molecule has 0 spiro atoms. The van der Waals surface area contributed by atoms with E-state index in [1.54, 1.807) is 24.3 Å². The maximum atomic E-state index is 12.3. The number of imidazole rings is 1. The Labute approximate surface area is 179 Å². The van der Waals surface area contributed by atoms with Crippen molar-refractivity contribution >= 4 is 28.5 Å². The molecule has 154 valence electrons. The Morgan fingerprint density at radius 2 is 2.13 bits per heavy atom. The summed E-state index contributed by atoms with van der Waals surface area (Å²) in [5.74, 6) is 1.34. The number of carbonyl (C=O) groups excluding carboxylic acids is 1. The first-order chi connectivity index (χ1) is 14.5. The highest BCUT2D eigenvalue weighted by Gasteiger charge is 2.29. The number of thioether (sulfide) groups is 1. The summed E-state index contributed by atoms with van der Waals surface area (Å²) in [6.07, 6.45) is 6.21. The fourth-order valence-electron chi connectivity index (χ4n) is 3.29. The van der Waals surface area contributed by atoms with Crippen LogP contribution in [0.15, 0.2) is 72.2 Å². The number of carbonyl (C=O) groups is 1. The summed E-state index contributed by atoms with van der Waals surface area (Å²) in [5, 5.41) is 3.45. The molecule has 30 heavy (non-hydrogen) atoms. The minimum Gasteiger partial charge on any atom is -0.484 e. The molecule has 1 amide bonds. The molecule has 0 saturated heterocycles. The molecule has 3 aromatic rings. The molecule has 0 fully saturated rings. The molecule has 1 aliphatic rings. The second-order valence-electron chi connectivity index (χ2n) is 7.20. The predicted octanol–water partition coefficient (Wildman–Crippen LogP) is 3.56. The normalized spacial score (nSPS) is 18.5. The summed E-state index contributed by atoms with van der Waals surface area (Å²) < 4.78 is 7.61. The van der Waals surface area contributed by atoms with E-state index in [2.05, 4.69) is 22.2 Å². The first-order valence-corrected chi connectivity index (χ1v) is 10.6. The second kappa shape index (κ2) is 8.62. The number of anilines is 1. The molecular weight excluding hydrogens is 398 g/mol. The topological polar surface area (TPSA) is 94.5 Å². The number of rotatable bonds is 6. The van der Waals surface area contributed by atoms with Crippen molar-refractivity contribution < 1.29 is 9.53 Å². The van der Waals surface area contributed by atoms with Crippen molar-refractivity contribution in [2.24, 2.45) is 10.7 Å². The number of amidine groups is 1. The lowest BCUT2D eigenvalue weighted by Crippen LogP contribution is -2.28. The van der Waals surface area contributed by atoms with E-state index in [1.807, 2.05) is 59.3 Å². The molecule has 2 aromatic carbocycles. The first kappa shape index (κ1) is 20.0. The second-order valence-corrected chi connectivity index (χ2v) is 8.32. The van der Waals surface area contributed by atoms with Crippen molar-refractivity contribution in [3.63, 3.8) is 0 Å². The first-order valence-electron chi connectivity index (χ1n) is 9.62. The van der Waals surface area contributed by atoms with Crippen LogP contribution in [-0.2, 0) is 10.3 Å². The molecule has 4 rings (SSSR count). The van der Waals surface area contributed by atoms with E-state index in [1.165, 1.54) is 0 Å². The lowest BCUT2D eigenvalue weighted by molar-refractivity contribution is -0.118. The van der Waals surface area contributed by atoms with Crippen LogP contribution in [0, 0.1) is 0 Å². The number of hydrogen-bond acceptors (Lipinski definition) is 6. The number of benzene rings is 2. The molecule has 0 radical (unpaired) electrons. The van der Waals surface area contributed by atoms with Crippen LogP contribution in [0.25, 0.3) is 5.69 Å². The van der Waals surface area contributed by atoms with Crippen LogP contribution in [0.3, 0.4) is 0 Å². The molecule has 8 heteroatoms. The van der Waals surface area contributed by atoms with Gasteiger partial charge in [0.2, 0.25) is 0 Å². The Morgan fingerprint density at radius 1 is 1.30 bits per heavy atom. The quantitative estimate of drug-likeness (QED) is 0.635. The Kier molecular flexibility index (Phi) is 5.76. The molecule has 7 nitrogen and oxygen atoms in total. The third-order valence-corrected chi connectivity index (χ3v) is 5.77. The maximum Gasteiger partial charge on any atom is 0.262 e. The number of ether oxygens (including phenoxy) is 1. The van der Waals surface area contributed by atoms with E-state index in [0.717, 1.165) is 23.4 Å². The van der Waals surface area contributed by atoms with E-state index >= 15 is 0 Å². The van der Waals surface area contributed by atoms with Crippen LogP contribution in [-0.4, -0.2) is 33.0 Å². The molecule has 1 unspecified atom stereocenters. The lowest BCUT2D eigenvalue weighted by Gasteiger charge is -2.30. The number of hydrogen-bond donors (Lipinski definition) is 2. The van der Waals surface area contributed by atoms with Gasteiger partial charge >= 0.3 is 0 Å². The number of aliphatic imine (C=N–C) groups is 1. The third kappa shape index (κ3) is 4.65. The van der Waals surface area contributed by atoms with Gasteiger partial charge in [-0.2, -0.15) is 0 Å². The molecule has 3 N–H and O–H groups in total. The average molecular weight is 422 g/mol. The molecule has 0 saturated carbocycles. The average Bonchev–Trinajstić information content (AvgIpc) is 3.28. The molecule has 1 aliphatic heterocycles. The molecule has 0 bridgehead atoms. The van der Waals surface area contributed by atoms with Gasteiger partial charge in [-0.1, -0.05) is 23.9 Å². The van der Waals surface area contributed by atoms with Crippen molar-refractivity contribution in [2.75, 3.05) is 17.7 Å². The van der Waals surface area contributed by atoms with Crippen LogP contribution in [0.5, 0.6) is 5.75 Å². The summed E-state index contributed by atoms with van der Waals surface area (Å²) >= 11 is 1.57. The Bertz CT molecular complexity index is 1050. The standard InChI is InChI=1S/C22H23N5O2S/c1-22(9-12-30-21(23)26-22)16-3-2-4-19(13-16)29-14-20(28)25-17-5-7-18(8-6-17)27-11-10-24-15-27/h2-8,10-11,13,15H,9,12,14H2,1H3,(H2,23,26)(H,25,28). The third-order valence-electron chi connectivity index (χ3n) is 4.98. The van der Waals surface area contributed by atoms with E-state index in [0.29, 0.717) is 16.6 Å². The monoisotopic (exact) mass is 421 g/mol. The van der Waals surface area contributed by atoms with Crippen LogP contribution in [0.1, 0.15) is 18.9 Å². The fourth-order valence-corrected chi connectivity index (χ4v) is 4.26.